The third kappa shape index (κ3) is 5.19. The molecule has 3 aromatic rings. The topological polar surface area (TPSA) is 144 Å². The summed E-state index contributed by atoms with van der Waals surface area (Å²) in [5.74, 6) is -1.21. The maximum atomic E-state index is 13.5. The van der Waals surface area contributed by atoms with E-state index in [0.717, 1.165) is 31.2 Å². The van der Waals surface area contributed by atoms with E-state index >= 15 is 0 Å². The van der Waals surface area contributed by atoms with Gasteiger partial charge in [0.25, 0.3) is 17.6 Å². The van der Waals surface area contributed by atoms with E-state index in [2.05, 4.69) is 25.7 Å². The summed E-state index contributed by atoms with van der Waals surface area (Å²) in [6.07, 6.45) is 4.30. The van der Waals surface area contributed by atoms with Crippen molar-refractivity contribution in [3.8, 4) is 0 Å². The number of hydrogen-bond acceptors (Lipinski definition) is 6. The zero-order valence-corrected chi connectivity index (χ0v) is 18.8. The predicted molar refractivity (Wildman–Crippen MR) is 120 cm³/mol. The van der Waals surface area contributed by atoms with Gasteiger partial charge in [0.15, 0.2) is 0 Å². The SMILES string of the molecule is Cc1cc(CNC(=O)c2cc(C(=O)NCC3CCC(C(N)=O)CC3)n3ncnc3n2)ccc1F. The van der Waals surface area contributed by atoms with Gasteiger partial charge in [-0.25, -0.2) is 9.37 Å². The minimum Gasteiger partial charge on any atom is -0.369 e. The summed E-state index contributed by atoms with van der Waals surface area (Å²) < 4.78 is 14.7. The van der Waals surface area contributed by atoms with E-state index in [1.807, 2.05) is 0 Å². The van der Waals surface area contributed by atoms with Gasteiger partial charge in [0.2, 0.25) is 5.91 Å². The molecule has 1 aromatic carbocycles. The Kier molecular flexibility index (Phi) is 6.80. The fraction of sp³-hybridized carbons (Fsp3) is 0.391. The lowest BCUT2D eigenvalue weighted by Gasteiger charge is -2.26. The Labute approximate surface area is 195 Å². The number of nitrogens with one attached hydrogen (secondary N) is 2. The number of fused-ring (bicyclic) bond motifs is 1. The van der Waals surface area contributed by atoms with Crippen LogP contribution in [0.2, 0.25) is 0 Å². The summed E-state index contributed by atoms with van der Waals surface area (Å²) in [5.41, 5.74) is 6.76. The number of nitrogens with two attached hydrogens (primary N) is 1. The van der Waals surface area contributed by atoms with Gasteiger partial charge in [-0.1, -0.05) is 12.1 Å². The third-order valence-electron chi connectivity index (χ3n) is 6.19. The smallest absolute Gasteiger partial charge is 0.270 e. The van der Waals surface area contributed by atoms with E-state index in [1.54, 1.807) is 19.1 Å². The molecule has 0 atom stereocenters. The first-order valence-electron chi connectivity index (χ1n) is 11.1. The van der Waals surface area contributed by atoms with Crippen molar-refractivity contribution in [2.45, 2.75) is 39.2 Å². The third-order valence-corrected chi connectivity index (χ3v) is 6.19. The van der Waals surface area contributed by atoms with Crippen molar-refractivity contribution >= 4 is 23.5 Å². The van der Waals surface area contributed by atoms with Gasteiger partial charge in [0.1, 0.15) is 23.5 Å². The van der Waals surface area contributed by atoms with Crippen LogP contribution in [0.25, 0.3) is 5.78 Å². The molecule has 4 rings (SSSR count). The van der Waals surface area contributed by atoms with Gasteiger partial charge in [0.05, 0.1) is 0 Å². The molecule has 0 spiro atoms. The van der Waals surface area contributed by atoms with Crippen molar-refractivity contribution in [1.82, 2.24) is 30.2 Å². The highest BCUT2D eigenvalue weighted by molar-refractivity contribution is 5.98. The fourth-order valence-electron chi connectivity index (χ4n) is 4.16. The molecular weight excluding hydrogens is 441 g/mol. The van der Waals surface area contributed by atoms with E-state index in [-0.39, 0.29) is 47.3 Å². The molecule has 0 saturated heterocycles. The predicted octanol–water partition coefficient (Wildman–Crippen LogP) is 1.52. The molecule has 0 unspecified atom stereocenters. The van der Waals surface area contributed by atoms with Gasteiger partial charge in [-0.05, 0) is 55.7 Å². The molecule has 1 saturated carbocycles. The molecule has 2 heterocycles. The van der Waals surface area contributed by atoms with Crippen molar-refractivity contribution in [3.05, 3.63) is 58.9 Å². The number of carbonyl (C=O) groups excluding carboxylic acids is 3. The number of nitrogens with zero attached hydrogens (tertiary/aromatic N) is 4. The maximum absolute atomic E-state index is 13.5. The van der Waals surface area contributed by atoms with Crippen LogP contribution in [-0.2, 0) is 11.3 Å². The van der Waals surface area contributed by atoms with Crippen molar-refractivity contribution in [1.29, 1.82) is 0 Å². The van der Waals surface area contributed by atoms with Crippen LogP contribution in [0.1, 0.15) is 57.8 Å². The molecule has 0 radical (unpaired) electrons. The van der Waals surface area contributed by atoms with Crippen LogP contribution >= 0.6 is 0 Å². The second-order valence-corrected chi connectivity index (χ2v) is 8.59. The quantitative estimate of drug-likeness (QED) is 0.481. The van der Waals surface area contributed by atoms with E-state index < -0.39 is 11.8 Å². The molecule has 4 N–H and O–H groups in total. The molecule has 1 aliphatic rings. The molecule has 10 nitrogen and oxygen atoms in total. The number of benzene rings is 1. The molecule has 1 fully saturated rings. The number of halogens is 1. The number of amides is 3. The number of aromatic nitrogens is 4. The first-order chi connectivity index (χ1) is 16.3. The van der Waals surface area contributed by atoms with Crippen LogP contribution in [0, 0.1) is 24.6 Å². The fourth-order valence-corrected chi connectivity index (χ4v) is 4.16. The summed E-state index contributed by atoms with van der Waals surface area (Å²) in [6, 6.07) is 5.96. The van der Waals surface area contributed by atoms with Crippen LogP contribution in [0.3, 0.4) is 0 Å². The van der Waals surface area contributed by atoms with Crippen LogP contribution in [-0.4, -0.2) is 43.8 Å². The summed E-state index contributed by atoms with van der Waals surface area (Å²) in [7, 11) is 0. The average Bonchev–Trinajstić information content (AvgIpc) is 3.31. The van der Waals surface area contributed by atoms with E-state index in [0.29, 0.717) is 12.1 Å². The lowest BCUT2D eigenvalue weighted by Crippen LogP contribution is -2.35. The van der Waals surface area contributed by atoms with Crippen LogP contribution < -0.4 is 16.4 Å². The number of aryl methyl sites for hydroxylation is 1. The highest BCUT2D eigenvalue weighted by atomic mass is 19.1. The Balaban J connectivity index is 1.43. The number of hydrogen-bond donors (Lipinski definition) is 3. The minimum absolute atomic E-state index is 0.0199. The first kappa shape index (κ1) is 23.3. The van der Waals surface area contributed by atoms with Crippen molar-refractivity contribution in [2.24, 2.45) is 17.6 Å². The van der Waals surface area contributed by atoms with Gasteiger partial charge in [0, 0.05) is 25.1 Å². The highest BCUT2D eigenvalue weighted by Crippen LogP contribution is 2.28. The lowest BCUT2D eigenvalue weighted by atomic mass is 9.81. The lowest BCUT2D eigenvalue weighted by molar-refractivity contribution is -0.122. The van der Waals surface area contributed by atoms with Crippen molar-refractivity contribution < 1.29 is 18.8 Å². The second kappa shape index (κ2) is 9.94. The number of carbonyl (C=O) groups is 3. The molecule has 178 valence electrons. The Morgan fingerprint density at radius 1 is 1.12 bits per heavy atom. The monoisotopic (exact) mass is 467 g/mol. The van der Waals surface area contributed by atoms with Gasteiger partial charge in [-0.2, -0.15) is 14.6 Å². The molecule has 1 aliphatic carbocycles. The molecule has 0 bridgehead atoms. The first-order valence-corrected chi connectivity index (χ1v) is 11.1. The number of primary amides is 1. The molecule has 0 aliphatic heterocycles. The Morgan fingerprint density at radius 2 is 1.88 bits per heavy atom. The highest BCUT2D eigenvalue weighted by Gasteiger charge is 2.25. The second-order valence-electron chi connectivity index (χ2n) is 8.59. The van der Waals surface area contributed by atoms with Crippen LogP contribution in [0.15, 0.2) is 30.6 Å². The maximum Gasteiger partial charge on any atom is 0.270 e. The average molecular weight is 468 g/mol. The van der Waals surface area contributed by atoms with Crippen LogP contribution in [0.4, 0.5) is 4.39 Å². The zero-order valence-electron chi connectivity index (χ0n) is 18.8. The molecule has 34 heavy (non-hydrogen) atoms. The van der Waals surface area contributed by atoms with E-state index in [9.17, 15) is 18.8 Å². The van der Waals surface area contributed by atoms with Gasteiger partial charge >= 0.3 is 0 Å². The van der Waals surface area contributed by atoms with Gasteiger partial charge < -0.3 is 16.4 Å². The Hall–Kier alpha value is -3.89. The largest absolute Gasteiger partial charge is 0.369 e. The van der Waals surface area contributed by atoms with Gasteiger partial charge in [-0.3, -0.25) is 14.4 Å². The normalized spacial score (nSPS) is 17.9. The summed E-state index contributed by atoms with van der Waals surface area (Å²) >= 11 is 0. The van der Waals surface area contributed by atoms with Crippen molar-refractivity contribution in [3.63, 3.8) is 0 Å². The summed E-state index contributed by atoms with van der Waals surface area (Å²) in [5, 5.41) is 9.66. The van der Waals surface area contributed by atoms with Crippen molar-refractivity contribution in [2.75, 3.05) is 6.54 Å². The zero-order chi connectivity index (χ0) is 24.2. The van der Waals surface area contributed by atoms with Crippen LogP contribution in [0.5, 0.6) is 0 Å². The Morgan fingerprint density at radius 3 is 2.59 bits per heavy atom. The van der Waals surface area contributed by atoms with E-state index in [1.165, 1.54) is 23.0 Å². The van der Waals surface area contributed by atoms with Gasteiger partial charge in [-0.15, -0.1) is 0 Å². The molecule has 3 amide bonds. The Bertz CT molecular complexity index is 1230. The summed E-state index contributed by atoms with van der Waals surface area (Å²) in [4.78, 5) is 45.2. The number of rotatable bonds is 7. The molecule has 11 heteroatoms. The molecule has 2 aromatic heterocycles. The minimum atomic E-state index is -0.494. The molecular formula is C23H26FN7O3. The standard InChI is InChI=1S/C23H26FN7O3/c1-13-8-15(4-7-17(13)24)11-26-21(33)18-9-19(31-23(30-18)28-12-29-31)22(34)27-10-14-2-5-16(6-3-14)20(25)32/h4,7-9,12,14,16H,2-3,5-6,10-11H2,1H3,(H2,25,32)(H,26,33)(H,27,34). The van der Waals surface area contributed by atoms with E-state index in [4.69, 9.17) is 5.73 Å². The summed E-state index contributed by atoms with van der Waals surface area (Å²) in [6.45, 7) is 2.26.